The quantitative estimate of drug-likeness (QED) is 0.808. The molecule has 0 fully saturated rings. The summed E-state index contributed by atoms with van der Waals surface area (Å²) in [6.07, 6.45) is 1.47. The molecule has 2 aromatic rings. The Morgan fingerprint density at radius 3 is 2.80 bits per heavy atom. The van der Waals surface area contributed by atoms with E-state index in [1.54, 1.807) is 17.9 Å². The molecule has 2 aromatic heterocycles. The van der Waals surface area contributed by atoms with E-state index in [9.17, 15) is 9.59 Å². The smallest absolute Gasteiger partial charge is 0.315 e. The maximum atomic E-state index is 12.5. The van der Waals surface area contributed by atoms with Crippen molar-refractivity contribution in [1.29, 1.82) is 0 Å². The lowest BCUT2D eigenvalue weighted by atomic mass is 9.88. The number of nitrogens with zero attached hydrogens (tertiary/aromatic N) is 3. The van der Waals surface area contributed by atoms with Gasteiger partial charge < -0.3 is 9.42 Å². The van der Waals surface area contributed by atoms with Gasteiger partial charge in [-0.15, -0.1) is 0 Å². The largest absolute Gasteiger partial charge is 0.360 e. The number of anilines is 1. The van der Waals surface area contributed by atoms with Gasteiger partial charge in [0.05, 0.1) is 5.69 Å². The highest BCUT2D eigenvalue weighted by Crippen LogP contribution is 2.26. The number of aryl methyl sites for hydroxylation is 1. The number of amides is 2. The van der Waals surface area contributed by atoms with Crippen LogP contribution in [0.2, 0.25) is 0 Å². The second kappa shape index (κ2) is 6.34. The maximum absolute atomic E-state index is 12.5. The molecule has 0 spiro atoms. The first-order chi connectivity index (χ1) is 11.7. The molecule has 8 heteroatoms. The van der Waals surface area contributed by atoms with E-state index in [-0.39, 0.29) is 11.2 Å². The highest BCUT2D eigenvalue weighted by molar-refractivity contribution is 6.39. The molecule has 2 amide bonds. The first kappa shape index (κ1) is 17.2. The molecular formula is C17H23N5O3. The Kier molecular flexibility index (Phi) is 4.36. The van der Waals surface area contributed by atoms with Crippen LogP contribution in [-0.4, -0.2) is 38.6 Å². The molecule has 0 unspecified atom stereocenters. The van der Waals surface area contributed by atoms with Crippen LogP contribution >= 0.6 is 0 Å². The zero-order valence-electron chi connectivity index (χ0n) is 15.0. The van der Waals surface area contributed by atoms with E-state index in [0.29, 0.717) is 25.3 Å². The van der Waals surface area contributed by atoms with Crippen LogP contribution in [0.15, 0.2) is 10.6 Å². The van der Waals surface area contributed by atoms with Gasteiger partial charge in [0.2, 0.25) is 0 Å². The predicted octanol–water partition coefficient (Wildman–Crippen LogP) is 1.82. The lowest BCUT2D eigenvalue weighted by Crippen LogP contribution is -2.42. The van der Waals surface area contributed by atoms with Crippen LogP contribution in [0, 0.1) is 12.3 Å². The Morgan fingerprint density at radius 2 is 2.16 bits per heavy atom. The van der Waals surface area contributed by atoms with Crippen molar-refractivity contribution in [2.24, 2.45) is 5.41 Å². The molecule has 2 N–H and O–H groups in total. The van der Waals surface area contributed by atoms with E-state index in [2.05, 4.69) is 41.4 Å². The van der Waals surface area contributed by atoms with Gasteiger partial charge in [-0.3, -0.25) is 20.0 Å². The van der Waals surface area contributed by atoms with Gasteiger partial charge in [0.1, 0.15) is 5.76 Å². The third-order valence-electron chi connectivity index (χ3n) is 4.07. The van der Waals surface area contributed by atoms with Crippen LogP contribution in [-0.2, 0) is 29.0 Å². The fourth-order valence-electron chi connectivity index (χ4n) is 2.91. The SMILES string of the molecule is Cc1cc(NC(=O)C(=O)N2CCc3[nH]nc(CC(C)(C)C)c3C2)no1. The molecule has 3 heterocycles. The van der Waals surface area contributed by atoms with Crippen LogP contribution in [0.25, 0.3) is 0 Å². The lowest BCUT2D eigenvalue weighted by molar-refractivity contribution is -0.143. The molecule has 0 radical (unpaired) electrons. The Bertz CT molecular complexity index is 800. The molecular weight excluding hydrogens is 322 g/mol. The second-order valence-corrected chi connectivity index (χ2v) is 7.62. The summed E-state index contributed by atoms with van der Waals surface area (Å²) < 4.78 is 4.89. The molecule has 25 heavy (non-hydrogen) atoms. The average Bonchev–Trinajstić information content (AvgIpc) is 3.11. The Hall–Kier alpha value is -2.64. The predicted molar refractivity (Wildman–Crippen MR) is 90.7 cm³/mol. The fourth-order valence-corrected chi connectivity index (χ4v) is 2.91. The lowest BCUT2D eigenvalue weighted by Gasteiger charge is -2.27. The number of carbonyl (C=O) groups is 2. The van der Waals surface area contributed by atoms with Crippen molar-refractivity contribution in [3.05, 3.63) is 28.8 Å². The summed E-state index contributed by atoms with van der Waals surface area (Å²) in [6.45, 7) is 9.02. The average molecular weight is 345 g/mol. The van der Waals surface area contributed by atoms with Gasteiger partial charge in [-0.1, -0.05) is 25.9 Å². The molecule has 0 saturated carbocycles. The highest BCUT2D eigenvalue weighted by Gasteiger charge is 2.30. The summed E-state index contributed by atoms with van der Waals surface area (Å²) >= 11 is 0. The van der Waals surface area contributed by atoms with Crippen LogP contribution in [0.4, 0.5) is 5.82 Å². The second-order valence-electron chi connectivity index (χ2n) is 7.62. The maximum Gasteiger partial charge on any atom is 0.315 e. The zero-order valence-corrected chi connectivity index (χ0v) is 15.0. The summed E-state index contributed by atoms with van der Waals surface area (Å²) in [7, 11) is 0. The third-order valence-corrected chi connectivity index (χ3v) is 4.07. The molecule has 0 aliphatic carbocycles. The third kappa shape index (κ3) is 3.89. The Labute approximate surface area is 145 Å². The van der Waals surface area contributed by atoms with Crippen molar-refractivity contribution in [2.75, 3.05) is 11.9 Å². The van der Waals surface area contributed by atoms with Crippen LogP contribution in [0.5, 0.6) is 0 Å². The van der Waals surface area contributed by atoms with Gasteiger partial charge in [0.25, 0.3) is 0 Å². The summed E-state index contributed by atoms with van der Waals surface area (Å²) in [6, 6.07) is 1.57. The molecule has 3 rings (SSSR count). The van der Waals surface area contributed by atoms with Gasteiger partial charge >= 0.3 is 11.8 Å². The summed E-state index contributed by atoms with van der Waals surface area (Å²) in [5.74, 6) is -0.479. The van der Waals surface area contributed by atoms with Gasteiger partial charge in [0, 0.05) is 36.8 Å². The molecule has 0 saturated heterocycles. The fraction of sp³-hybridized carbons (Fsp3) is 0.529. The number of hydrogen-bond acceptors (Lipinski definition) is 5. The van der Waals surface area contributed by atoms with E-state index in [1.165, 1.54) is 0 Å². The van der Waals surface area contributed by atoms with E-state index in [1.807, 2.05) is 0 Å². The number of nitrogens with one attached hydrogen (secondary N) is 2. The van der Waals surface area contributed by atoms with E-state index in [4.69, 9.17) is 4.52 Å². The monoisotopic (exact) mass is 345 g/mol. The number of rotatable bonds is 2. The number of carbonyl (C=O) groups excluding carboxylic acids is 2. The molecule has 1 aliphatic heterocycles. The van der Waals surface area contributed by atoms with Gasteiger partial charge in [0.15, 0.2) is 5.82 Å². The zero-order chi connectivity index (χ0) is 18.2. The van der Waals surface area contributed by atoms with Gasteiger partial charge in [-0.25, -0.2) is 0 Å². The van der Waals surface area contributed by atoms with Crippen molar-refractivity contribution in [1.82, 2.24) is 20.3 Å². The number of fused-ring (bicyclic) bond motifs is 1. The normalized spacial score (nSPS) is 14.3. The van der Waals surface area contributed by atoms with Gasteiger partial charge in [-0.05, 0) is 18.8 Å². The van der Waals surface area contributed by atoms with Crippen LogP contribution < -0.4 is 5.32 Å². The molecule has 8 nitrogen and oxygen atoms in total. The van der Waals surface area contributed by atoms with Crippen molar-refractivity contribution in [2.45, 2.75) is 47.1 Å². The summed E-state index contributed by atoms with van der Waals surface area (Å²) in [4.78, 5) is 26.2. The van der Waals surface area contributed by atoms with E-state index >= 15 is 0 Å². The summed E-state index contributed by atoms with van der Waals surface area (Å²) in [5, 5.41) is 13.6. The molecule has 1 aliphatic rings. The number of hydrogen-bond donors (Lipinski definition) is 2. The van der Waals surface area contributed by atoms with Crippen molar-refractivity contribution >= 4 is 17.6 Å². The number of aromatic amines is 1. The molecule has 0 bridgehead atoms. The molecule has 0 aromatic carbocycles. The standard InChI is InChI=1S/C17H23N5O3/c1-10-7-14(21-25-10)18-15(23)16(24)22-6-5-12-11(9-22)13(20-19-12)8-17(2,3)4/h7H,5-6,8-9H2,1-4H3,(H,19,20)(H,18,21,23). The minimum absolute atomic E-state index is 0.0947. The highest BCUT2D eigenvalue weighted by atomic mass is 16.5. The minimum atomic E-state index is -0.711. The van der Waals surface area contributed by atoms with Crippen LogP contribution in [0.1, 0.15) is 43.5 Å². The topological polar surface area (TPSA) is 104 Å². The molecule has 0 atom stereocenters. The minimum Gasteiger partial charge on any atom is -0.360 e. The van der Waals surface area contributed by atoms with Crippen molar-refractivity contribution in [3.63, 3.8) is 0 Å². The van der Waals surface area contributed by atoms with Crippen molar-refractivity contribution < 1.29 is 14.1 Å². The molecule has 134 valence electrons. The number of aromatic nitrogens is 3. The first-order valence-electron chi connectivity index (χ1n) is 8.31. The van der Waals surface area contributed by atoms with E-state index < -0.39 is 11.8 Å². The Balaban J connectivity index is 1.70. The summed E-state index contributed by atoms with van der Waals surface area (Å²) in [5.41, 5.74) is 3.14. The number of H-pyrrole nitrogens is 1. The van der Waals surface area contributed by atoms with Crippen LogP contribution in [0.3, 0.4) is 0 Å². The first-order valence-corrected chi connectivity index (χ1v) is 8.31. The Morgan fingerprint density at radius 1 is 1.40 bits per heavy atom. The van der Waals surface area contributed by atoms with Gasteiger partial charge in [-0.2, -0.15) is 5.10 Å². The van der Waals surface area contributed by atoms with E-state index in [0.717, 1.165) is 23.4 Å². The van der Waals surface area contributed by atoms with Crippen molar-refractivity contribution in [3.8, 4) is 0 Å².